The lowest BCUT2D eigenvalue weighted by Gasteiger charge is -2.09. The maximum atomic E-state index is 10.8. The number of aromatic nitrogens is 1. The second-order valence-corrected chi connectivity index (χ2v) is 4.24. The van der Waals surface area contributed by atoms with Gasteiger partial charge in [0.05, 0.1) is 0 Å². The fraction of sp³-hybridized carbons (Fsp3) is 0.214. The van der Waals surface area contributed by atoms with Gasteiger partial charge in [-0.25, -0.2) is 4.79 Å². The van der Waals surface area contributed by atoms with E-state index in [1.54, 1.807) is 12.3 Å². The predicted octanol–water partition coefficient (Wildman–Crippen LogP) is 3.06. The molecule has 0 amide bonds. The summed E-state index contributed by atoms with van der Waals surface area (Å²) in [5, 5.41) is 8.84. The maximum absolute atomic E-state index is 10.8. The standard InChI is InChI=1S/C14H15NO2/c1-10(7-11-5-3-2-4-6-11)12-8-13(14(16)17)15-9-12/h2-6,8-10,15H,7H2,1H3,(H,16,17). The van der Waals surface area contributed by atoms with Gasteiger partial charge in [0.15, 0.2) is 0 Å². The molecule has 0 aliphatic rings. The van der Waals surface area contributed by atoms with E-state index < -0.39 is 5.97 Å². The Hall–Kier alpha value is -2.03. The SMILES string of the molecule is CC(Cc1ccccc1)c1c[nH]c(C(=O)O)c1. The number of hydrogen-bond donors (Lipinski definition) is 2. The van der Waals surface area contributed by atoms with Gasteiger partial charge in [0, 0.05) is 6.20 Å². The Bertz CT molecular complexity index is 502. The van der Waals surface area contributed by atoms with E-state index in [0.29, 0.717) is 5.92 Å². The van der Waals surface area contributed by atoms with Crippen molar-refractivity contribution in [2.75, 3.05) is 0 Å². The summed E-state index contributed by atoms with van der Waals surface area (Å²) >= 11 is 0. The average Bonchev–Trinajstić information content (AvgIpc) is 2.79. The highest BCUT2D eigenvalue weighted by molar-refractivity contribution is 5.85. The lowest BCUT2D eigenvalue weighted by molar-refractivity contribution is 0.0691. The zero-order valence-electron chi connectivity index (χ0n) is 9.68. The van der Waals surface area contributed by atoms with Crippen molar-refractivity contribution in [1.82, 2.24) is 4.98 Å². The molecule has 2 N–H and O–H groups in total. The molecule has 2 aromatic rings. The zero-order valence-corrected chi connectivity index (χ0v) is 9.68. The van der Waals surface area contributed by atoms with Crippen molar-refractivity contribution in [2.24, 2.45) is 0 Å². The van der Waals surface area contributed by atoms with Crippen molar-refractivity contribution in [3.05, 3.63) is 59.4 Å². The number of hydrogen-bond acceptors (Lipinski definition) is 1. The number of aromatic carboxylic acids is 1. The number of carboxylic acid groups (broad SMARTS) is 1. The van der Waals surface area contributed by atoms with Crippen LogP contribution in [0, 0.1) is 0 Å². The highest BCUT2D eigenvalue weighted by Gasteiger charge is 2.11. The average molecular weight is 229 g/mol. The monoisotopic (exact) mass is 229 g/mol. The molecule has 3 heteroatoms. The fourth-order valence-corrected chi connectivity index (χ4v) is 1.90. The molecule has 0 spiro atoms. The van der Waals surface area contributed by atoms with Gasteiger partial charge in [0.1, 0.15) is 5.69 Å². The van der Waals surface area contributed by atoms with Crippen molar-refractivity contribution < 1.29 is 9.90 Å². The molecule has 0 aliphatic heterocycles. The Labute approximate surface area is 100 Å². The summed E-state index contributed by atoms with van der Waals surface area (Å²) in [7, 11) is 0. The molecule has 0 bridgehead atoms. The lowest BCUT2D eigenvalue weighted by Crippen LogP contribution is -1.97. The minimum Gasteiger partial charge on any atom is -0.477 e. The van der Waals surface area contributed by atoms with Gasteiger partial charge in [-0.05, 0) is 29.5 Å². The van der Waals surface area contributed by atoms with E-state index in [0.717, 1.165) is 12.0 Å². The van der Waals surface area contributed by atoms with Gasteiger partial charge < -0.3 is 10.1 Å². The number of benzene rings is 1. The quantitative estimate of drug-likeness (QED) is 0.846. The van der Waals surface area contributed by atoms with E-state index in [1.165, 1.54) is 5.56 Å². The van der Waals surface area contributed by atoms with Gasteiger partial charge >= 0.3 is 5.97 Å². The summed E-state index contributed by atoms with van der Waals surface area (Å²) in [4.78, 5) is 13.5. The van der Waals surface area contributed by atoms with Crippen LogP contribution in [-0.4, -0.2) is 16.1 Å². The molecular weight excluding hydrogens is 214 g/mol. The Morgan fingerprint density at radius 2 is 2.06 bits per heavy atom. The molecule has 1 heterocycles. The Kier molecular flexibility index (Phi) is 3.28. The van der Waals surface area contributed by atoms with E-state index >= 15 is 0 Å². The number of carbonyl (C=O) groups is 1. The molecule has 88 valence electrons. The van der Waals surface area contributed by atoms with Crippen LogP contribution in [0.1, 0.15) is 34.5 Å². The third kappa shape index (κ3) is 2.75. The Morgan fingerprint density at radius 3 is 2.65 bits per heavy atom. The second-order valence-electron chi connectivity index (χ2n) is 4.24. The fourth-order valence-electron chi connectivity index (χ4n) is 1.90. The van der Waals surface area contributed by atoms with Gasteiger partial charge in [0.2, 0.25) is 0 Å². The van der Waals surface area contributed by atoms with E-state index in [2.05, 4.69) is 24.0 Å². The minimum absolute atomic E-state index is 0.250. The van der Waals surface area contributed by atoms with Crippen LogP contribution in [0.5, 0.6) is 0 Å². The number of carboxylic acids is 1. The second kappa shape index (κ2) is 4.87. The highest BCUT2D eigenvalue weighted by atomic mass is 16.4. The van der Waals surface area contributed by atoms with Crippen LogP contribution in [0.3, 0.4) is 0 Å². The molecule has 1 unspecified atom stereocenters. The van der Waals surface area contributed by atoms with Crippen LogP contribution in [0.2, 0.25) is 0 Å². The number of rotatable bonds is 4. The Morgan fingerprint density at radius 1 is 1.35 bits per heavy atom. The van der Waals surface area contributed by atoms with E-state index in [1.807, 2.05) is 18.2 Å². The van der Waals surface area contributed by atoms with Crippen molar-refractivity contribution >= 4 is 5.97 Å². The molecule has 1 aromatic carbocycles. The first-order valence-corrected chi connectivity index (χ1v) is 5.62. The summed E-state index contributed by atoms with van der Waals surface area (Å²) in [6.07, 6.45) is 2.69. The largest absolute Gasteiger partial charge is 0.477 e. The molecule has 1 atom stereocenters. The normalized spacial score (nSPS) is 12.3. The maximum Gasteiger partial charge on any atom is 0.352 e. The van der Waals surface area contributed by atoms with Gasteiger partial charge in [-0.15, -0.1) is 0 Å². The molecule has 3 nitrogen and oxygen atoms in total. The highest BCUT2D eigenvalue weighted by Crippen LogP contribution is 2.21. The van der Waals surface area contributed by atoms with Crippen molar-refractivity contribution in [1.29, 1.82) is 0 Å². The summed E-state index contributed by atoms with van der Waals surface area (Å²) in [6.45, 7) is 2.10. The van der Waals surface area contributed by atoms with E-state index in [4.69, 9.17) is 5.11 Å². The number of nitrogens with one attached hydrogen (secondary N) is 1. The van der Waals surface area contributed by atoms with Crippen LogP contribution >= 0.6 is 0 Å². The summed E-state index contributed by atoms with van der Waals surface area (Å²) in [5.41, 5.74) is 2.55. The first-order valence-electron chi connectivity index (χ1n) is 5.62. The topological polar surface area (TPSA) is 53.1 Å². The molecule has 0 fully saturated rings. The van der Waals surface area contributed by atoms with Crippen LogP contribution in [-0.2, 0) is 6.42 Å². The smallest absolute Gasteiger partial charge is 0.352 e. The van der Waals surface area contributed by atoms with Gasteiger partial charge in [0.25, 0.3) is 0 Å². The minimum atomic E-state index is -0.914. The van der Waals surface area contributed by atoms with Crippen LogP contribution in [0.25, 0.3) is 0 Å². The first kappa shape index (κ1) is 11.5. The molecule has 0 saturated carbocycles. The van der Waals surface area contributed by atoms with Gasteiger partial charge in [-0.1, -0.05) is 37.3 Å². The molecule has 0 radical (unpaired) electrons. The predicted molar refractivity (Wildman–Crippen MR) is 66.3 cm³/mol. The first-order chi connectivity index (χ1) is 8.16. The van der Waals surface area contributed by atoms with Gasteiger partial charge in [-0.3, -0.25) is 0 Å². The van der Waals surface area contributed by atoms with Crippen molar-refractivity contribution in [3.63, 3.8) is 0 Å². The third-order valence-electron chi connectivity index (χ3n) is 2.89. The molecule has 0 saturated heterocycles. The zero-order chi connectivity index (χ0) is 12.3. The van der Waals surface area contributed by atoms with Crippen LogP contribution in [0.15, 0.2) is 42.6 Å². The summed E-state index contributed by atoms with van der Waals surface area (Å²) in [6, 6.07) is 11.9. The molecule has 2 rings (SSSR count). The van der Waals surface area contributed by atoms with Gasteiger partial charge in [-0.2, -0.15) is 0 Å². The van der Waals surface area contributed by atoms with Crippen LogP contribution in [0.4, 0.5) is 0 Å². The molecule has 0 aliphatic carbocycles. The summed E-state index contributed by atoms with van der Waals surface area (Å²) < 4.78 is 0. The number of H-pyrrole nitrogens is 1. The molecular formula is C14H15NO2. The van der Waals surface area contributed by atoms with E-state index in [9.17, 15) is 4.79 Å². The molecule has 17 heavy (non-hydrogen) atoms. The lowest BCUT2D eigenvalue weighted by atomic mass is 9.96. The van der Waals surface area contributed by atoms with E-state index in [-0.39, 0.29) is 5.69 Å². The third-order valence-corrected chi connectivity index (χ3v) is 2.89. The van der Waals surface area contributed by atoms with Crippen molar-refractivity contribution in [2.45, 2.75) is 19.3 Å². The van der Waals surface area contributed by atoms with Crippen LogP contribution < -0.4 is 0 Å². The number of aromatic amines is 1. The molecule has 1 aromatic heterocycles. The summed E-state index contributed by atoms with van der Waals surface area (Å²) in [5.74, 6) is -0.607. The van der Waals surface area contributed by atoms with Crippen molar-refractivity contribution in [3.8, 4) is 0 Å². The Balaban J connectivity index is 2.09.